The van der Waals surface area contributed by atoms with Gasteiger partial charge in [0.25, 0.3) is 0 Å². The molecule has 0 spiro atoms. The second kappa shape index (κ2) is 5.60. The van der Waals surface area contributed by atoms with Crippen LogP contribution in [-0.4, -0.2) is 35.5 Å². The number of rotatable bonds is 3. The predicted molar refractivity (Wildman–Crippen MR) is 74.4 cm³/mol. The number of amides is 1. The molecule has 104 valence electrons. The van der Waals surface area contributed by atoms with Crippen molar-refractivity contribution in [3.8, 4) is 0 Å². The van der Waals surface area contributed by atoms with E-state index in [9.17, 15) is 4.79 Å². The molecule has 0 aromatic heterocycles. The zero-order valence-corrected chi connectivity index (χ0v) is 12.2. The fraction of sp³-hybridized carbons (Fsp3) is 0.933. The van der Waals surface area contributed by atoms with Gasteiger partial charge in [-0.15, -0.1) is 0 Å². The van der Waals surface area contributed by atoms with Gasteiger partial charge in [0.2, 0.25) is 5.91 Å². The highest BCUT2D eigenvalue weighted by Crippen LogP contribution is 2.35. The normalized spacial score (nSPS) is 25.9. The van der Waals surface area contributed by atoms with Gasteiger partial charge < -0.3 is 10.2 Å². The zero-order chi connectivity index (χ0) is 13.2. The van der Waals surface area contributed by atoms with Crippen LogP contribution in [0.15, 0.2) is 0 Å². The van der Waals surface area contributed by atoms with Gasteiger partial charge in [0.15, 0.2) is 0 Å². The van der Waals surface area contributed by atoms with Crippen molar-refractivity contribution in [2.75, 3.05) is 13.1 Å². The summed E-state index contributed by atoms with van der Waals surface area (Å²) in [6, 6.07) is 0.543. The highest BCUT2D eigenvalue weighted by Gasteiger charge is 2.35. The van der Waals surface area contributed by atoms with Crippen molar-refractivity contribution in [1.29, 1.82) is 0 Å². The van der Waals surface area contributed by atoms with Gasteiger partial charge in [-0.25, -0.2) is 0 Å². The van der Waals surface area contributed by atoms with Crippen LogP contribution in [0.2, 0.25) is 0 Å². The molecule has 3 heteroatoms. The molecule has 3 nitrogen and oxygen atoms in total. The average Bonchev–Trinajstić information content (AvgIpc) is 2.94. The van der Waals surface area contributed by atoms with Gasteiger partial charge in [-0.1, -0.05) is 12.8 Å². The lowest BCUT2D eigenvalue weighted by atomic mass is 9.96. The number of nitrogens with one attached hydrogen (secondary N) is 1. The quantitative estimate of drug-likeness (QED) is 0.837. The number of hydrogen-bond donors (Lipinski definition) is 1. The summed E-state index contributed by atoms with van der Waals surface area (Å²) in [4.78, 5) is 14.5. The molecule has 0 aromatic rings. The number of nitrogens with zero attached hydrogens (tertiary/aromatic N) is 1. The summed E-state index contributed by atoms with van der Waals surface area (Å²) < 4.78 is 0. The number of carbonyl (C=O) groups excluding carboxylic acids is 1. The van der Waals surface area contributed by atoms with E-state index in [0.717, 1.165) is 12.5 Å². The van der Waals surface area contributed by atoms with E-state index in [1.54, 1.807) is 0 Å². The van der Waals surface area contributed by atoms with Gasteiger partial charge in [-0.3, -0.25) is 4.79 Å². The maximum absolute atomic E-state index is 12.3. The molecule has 1 aliphatic carbocycles. The molecule has 2 aliphatic rings. The van der Waals surface area contributed by atoms with Gasteiger partial charge >= 0.3 is 0 Å². The fourth-order valence-corrected chi connectivity index (χ4v) is 3.38. The number of hydrogen-bond acceptors (Lipinski definition) is 2. The smallest absolute Gasteiger partial charge is 0.236 e. The Morgan fingerprint density at radius 1 is 1.17 bits per heavy atom. The summed E-state index contributed by atoms with van der Waals surface area (Å²) in [5.74, 6) is 1.09. The Morgan fingerprint density at radius 3 is 2.44 bits per heavy atom. The van der Waals surface area contributed by atoms with Gasteiger partial charge in [0.1, 0.15) is 0 Å². The Bertz CT molecular complexity index is 289. The average molecular weight is 252 g/mol. The van der Waals surface area contributed by atoms with Gasteiger partial charge in [-0.05, 0) is 52.4 Å². The summed E-state index contributed by atoms with van der Waals surface area (Å²) in [5.41, 5.74) is 0.0260. The lowest BCUT2D eigenvalue weighted by molar-refractivity contribution is -0.132. The predicted octanol–water partition coefficient (Wildman–Crippen LogP) is 2.56. The van der Waals surface area contributed by atoms with Crippen molar-refractivity contribution in [3.05, 3.63) is 0 Å². The Morgan fingerprint density at radius 2 is 1.83 bits per heavy atom. The number of carbonyl (C=O) groups is 1. The number of likely N-dealkylation sites (tertiary alicyclic amines) is 1. The van der Waals surface area contributed by atoms with E-state index in [0.29, 0.717) is 18.5 Å². The first-order valence-corrected chi connectivity index (χ1v) is 7.52. The maximum Gasteiger partial charge on any atom is 0.236 e. The van der Waals surface area contributed by atoms with E-state index in [4.69, 9.17) is 0 Å². The fourth-order valence-electron chi connectivity index (χ4n) is 3.38. The standard InChI is InChI=1S/C15H28N2O/c1-15(2,3)16-11-14(18)17-10-6-9-13(17)12-7-4-5-8-12/h12-13,16H,4-11H2,1-3H3. The second-order valence-electron chi connectivity index (χ2n) is 6.94. The van der Waals surface area contributed by atoms with Crippen LogP contribution in [0.3, 0.4) is 0 Å². The molecule has 1 saturated carbocycles. The molecule has 1 aliphatic heterocycles. The van der Waals surface area contributed by atoms with Crippen molar-refractivity contribution in [3.63, 3.8) is 0 Å². The molecule has 2 rings (SSSR count). The molecule has 1 atom stereocenters. The first-order valence-electron chi connectivity index (χ1n) is 7.52. The minimum absolute atomic E-state index is 0.0260. The first kappa shape index (κ1) is 13.9. The van der Waals surface area contributed by atoms with Crippen LogP contribution >= 0.6 is 0 Å². The van der Waals surface area contributed by atoms with Gasteiger partial charge in [0, 0.05) is 18.1 Å². The summed E-state index contributed by atoms with van der Waals surface area (Å²) in [7, 11) is 0. The highest BCUT2D eigenvalue weighted by atomic mass is 16.2. The summed E-state index contributed by atoms with van der Waals surface area (Å²) in [6.07, 6.45) is 7.82. The molecule has 2 fully saturated rings. The molecule has 1 N–H and O–H groups in total. The molecule has 1 unspecified atom stereocenters. The highest BCUT2D eigenvalue weighted by molar-refractivity contribution is 5.79. The van der Waals surface area contributed by atoms with E-state index < -0.39 is 0 Å². The Kier molecular flexibility index (Phi) is 4.31. The van der Waals surface area contributed by atoms with E-state index in [-0.39, 0.29) is 5.54 Å². The topological polar surface area (TPSA) is 32.3 Å². The van der Waals surface area contributed by atoms with Crippen LogP contribution in [0.4, 0.5) is 0 Å². The lowest BCUT2D eigenvalue weighted by Gasteiger charge is -2.31. The van der Waals surface area contributed by atoms with Crippen molar-refractivity contribution in [1.82, 2.24) is 10.2 Å². The SMILES string of the molecule is CC(C)(C)NCC(=O)N1CCCC1C1CCCC1. The Labute approximate surface area is 111 Å². The van der Waals surface area contributed by atoms with Crippen molar-refractivity contribution in [2.45, 2.75) is 70.9 Å². The minimum Gasteiger partial charge on any atom is -0.338 e. The third-order valence-electron chi connectivity index (χ3n) is 4.33. The molecule has 1 heterocycles. The van der Waals surface area contributed by atoms with E-state index in [2.05, 4.69) is 31.0 Å². The molecule has 0 radical (unpaired) electrons. The monoisotopic (exact) mass is 252 g/mol. The zero-order valence-electron chi connectivity index (χ0n) is 12.2. The molecule has 1 amide bonds. The third-order valence-corrected chi connectivity index (χ3v) is 4.33. The third kappa shape index (κ3) is 3.47. The molecule has 18 heavy (non-hydrogen) atoms. The van der Waals surface area contributed by atoms with Crippen LogP contribution in [0.1, 0.15) is 59.3 Å². The van der Waals surface area contributed by atoms with Crippen molar-refractivity contribution >= 4 is 5.91 Å². The van der Waals surface area contributed by atoms with Gasteiger partial charge in [0.05, 0.1) is 6.54 Å². The largest absolute Gasteiger partial charge is 0.338 e. The van der Waals surface area contributed by atoms with Crippen LogP contribution in [0.25, 0.3) is 0 Å². The molecule has 1 saturated heterocycles. The molecule has 0 bridgehead atoms. The van der Waals surface area contributed by atoms with Crippen LogP contribution in [0.5, 0.6) is 0 Å². The Balaban J connectivity index is 1.88. The van der Waals surface area contributed by atoms with E-state index >= 15 is 0 Å². The Hall–Kier alpha value is -0.570. The van der Waals surface area contributed by atoms with Crippen molar-refractivity contribution in [2.24, 2.45) is 5.92 Å². The van der Waals surface area contributed by atoms with E-state index in [1.807, 2.05) is 0 Å². The lowest BCUT2D eigenvalue weighted by Crippen LogP contribution is -2.47. The van der Waals surface area contributed by atoms with E-state index in [1.165, 1.54) is 38.5 Å². The molecular weight excluding hydrogens is 224 g/mol. The van der Waals surface area contributed by atoms with Crippen LogP contribution in [0, 0.1) is 5.92 Å². The minimum atomic E-state index is 0.0260. The summed E-state index contributed by atoms with van der Waals surface area (Å²) in [5, 5.41) is 3.32. The molecule has 0 aromatic carbocycles. The second-order valence-corrected chi connectivity index (χ2v) is 6.94. The van der Waals surface area contributed by atoms with Crippen LogP contribution < -0.4 is 5.32 Å². The summed E-state index contributed by atoms with van der Waals surface area (Å²) >= 11 is 0. The first-order chi connectivity index (χ1) is 8.47. The van der Waals surface area contributed by atoms with Crippen LogP contribution in [-0.2, 0) is 4.79 Å². The maximum atomic E-state index is 12.3. The van der Waals surface area contributed by atoms with Gasteiger partial charge in [-0.2, -0.15) is 0 Å². The molecular formula is C15H28N2O. The summed E-state index contributed by atoms with van der Waals surface area (Å²) in [6.45, 7) is 7.80. The van der Waals surface area contributed by atoms with Crippen molar-refractivity contribution < 1.29 is 4.79 Å².